The number of hydrogen-bond acceptors (Lipinski definition) is 5. The fourth-order valence-corrected chi connectivity index (χ4v) is 10.7. The Bertz CT molecular complexity index is 750. The van der Waals surface area contributed by atoms with Crippen LogP contribution in [0.4, 0.5) is 0 Å². The number of hydrogen-bond donors (Lipinski definition) is 3. The summed E-state index contributed by atoms with van der Waals surface area (Å²) in [4.78, 5) is 5.28. The van der Waals surface area contributed by atoms with Crippen LogP contribution in [0.2, 0.25) is 0 Å². The molecule has 5 fully saturated rings. The maximum Gasteiger partial charge on any atom is 0.0110 e. The molecular weight excluding hydrogens is 478 g/mol. The van der Waals surface area contributed by atoms with E-state index in [4.69, 9.17) is 5.73 Å². The summed E-state index contributed by atoms with van der Waals surface area (Å²) in [5.74, 6) is 4.99. The van der Waals surface area contributed by atoms with Crippen LogP contribution in [0, 0.1) is 40.4 Å². The average molecular weight is 544 g/mol. The van der Waals surface area contributed by atoms with Gasteiger partial charge in [-0.05, 0) is 137 Å². The van der Waals surface area contributed by atoms with Crippen molar-refractivity contribution in [2.24, 2.45) is 46.2 Å². The van der Waals surface area contributed by atoms with Crippen molar-refractivity contribution in [2.45, 2.75) is 117 Å². The van der Waals surface area contributed by atoms with Crippen LogP contribution >= 0.6 is 0 Å². The van der Waals surface area contributed by atoms with Gasteiger partial charge in [-0.2, -0.15) is 0 Å². The predicted octanol–water partition coefficient (Wildman–Crippen LogP) is 5.35. The largest absolute Gasteiger partial charge is 0.330 e. The molecule has 0 aromatic rings. The van der Waals surface area contributed by atoms with E-state index < -0.39 is 0 Å². The molecule has 4 N–H and O–H groups in total. The second-order valence-electron chi connectivity index (χ2n) is 15.5. The van der Waals surface area contributed by atoms with Gasteiger partial charge in [-0.25, -0.2) is 0 Å². The number of piperazine rings is 1. The summed E-state index contributed by atoms with van der Waals surface area (Å²) < 4.78 is 0. The highest BCUT2D eigenvalue weighted by molar-refractivity contribution is 5.09. The van der Waals surface area contributed by atoms with Gasteiger partial charge < -0.3 is 21.3 Å². The van der Waals surface area contributed by atoms with Crippen LogP contribution < -0.4 is 16.4 Å². The number of nitrogens with two attached hydrogens (primary N) is 1. The molecule has 5 nitrogen and oxygen atoms in total. The van der Waals surface area contributed by atoms with Crippen LogP contribution in [-0.4, -0.2) is 80.8 Å². The van der Waals surface area contributed by atoms with Crippen LogP contribution in [0.5, 0.6) is 0 Å². The molecule has 4 saturated carbocycles. The topological polar surface area (TPSA) is 56.6 Å². The van der Waals surface area contributed by atoms with Crippen LogP contribution in [0.15, 0.2) is 0 Å². The van der Waals surface area contributed by atoms with Gasteiger partial charge in [-0.1, -0.05) is 27.7 Å². The fraction of sp³-hybridized carbons (Fsp3) is 1.00. The lowest BCUT2D eigenvalue weighted by molar-refractivity contribution is -0.115. The standard InChI is InChI=1S/C34H65N5/c1-26(2)36-17-5-7-27-9-11-31-30-10-8-28-25-29(12-14-34(28,4)32(30)13-15-33(27,31)3)37-18-20-39-23-21-38(22-24-39)19-6-16-35/h26-32,36-37H,5-25,35H2,1-4H3/t27-,28?,29?,30?,31?,32?,33?,34-/m0/s1. The third-order valence-electron chi connectivity index (χ3n) is 13.1. The molecule has 1 saturated heterocycles. The van der Waals surface area contributed by atoms with Gasteiger partial charge in [-0.3, -0.25) is 4.90 Å². The van der Waals surface area contributed by atoms with Gasteiger partial charge in [0.15, 0.2) is 0 Å². The maximum atomic E-state index is 5.70. The minimum Gasteiger partial charge on any atom is -0.330 e. The molecule has 4 aliphatic carbocycles. The van der Waals surface area contributed by atoms with Gasteiger partial charge in [0.25, 0.3) is 0 Å². The molecule has 0 radical (unpaired) electrons. The van der Waals surface area contributed by atoms with E-state index >= 15 is 0 Å². The Morgan fingerprint density at radius 3 is 2.26 bits per heavy atom. The Labute approximate surface area is 242 Å². The number of fused-ring (bicyclic) bond motifs is 5. The van der Waals surface area contributed by atoms with E-state index in [1.54, 1.807) is 0 Å². The molecule has 226 valence electrons. The average Bonchev–Trinajstić information content (AvgIpc) is 3.26. The van der Waals surface area contributed by atoms with Crippen molar-refractivity contribution in [3.63, 3.8) is 0 Å². The normalized spacial score (nSPS) is 41.4. The Morgan fingerprint density at radius 1 is 0.795 bits per heavy atom. The Kier molecular flexibility index (Phi) is 10.4. The van der Waals surface area contributed by atoms with Crippen molar-refractivity contribution >= 4 is 0 Å². The van der Waals surface area contributed by atoms with E-state index in [0.717, 1.165) is 48.6 Å². The lowest BCUT2D eigenvalue weighted by atomic mass is 9.44. The van der Waals surface area contributed by atoms with Crippen molar-refractivity contribution in [1.29, 1.82) is 0 Å². The van der Waals surface area contributed by atoms with E-state index in [-0.39, 0.29) is 0 Å². The highest BCUT2D eigenvalue weighted by Crippen LogP contribution is 2.67. The zero-order valence-corrected chi connectivity index (χ0v) is 26.4. The van der Waals surface area contributed by atoms with Crippen LogP contribution in [0.3, 0.4) is 0 Å². The molecule has 0 aromatic carbocycles. The molecule has 5 rings (SSSR count). The molecule has 5 heteroatoms. The van der Waals surface area contributed by atoms with E-state index in [9.17, 15) is 0 Å². The molecule has 0 amide bonds. The van der Waals surface area contributed by atoms with E-state index in [1.807, 2.05) is 0 Å². The second-order valence-corrected chi connectivity index (χ2v) is 15.5. The monoisotopic (exact) mass is 544 g/mol. The van der Waals surface area contributed by atoms with Crippen LogP contribution in [0.1, 0.15) is 105 Å². The number of rotatable bonds is 12. The smallest absolute Gasteiger partial charge is 0.0110 e. The zero-order valence-electron chi connectivity index (χ0n) is 26.4. The first-order valence-corrected chi connectivity index (χ1v) is 17.4. The minimum absolute atomic E-state index is 0.613. The Hall–Kier alpha value is -0.200. The van der Waals surface area contributed by atoms with E-state index in [2.05, 4.69) is 48.1 Å². The van der Waals surface area contributed by atoms with Crippen molar-refractivity contribution < 1.29 is 0 Å². The summed E-state index contributed by atoms with van der Waals surface area (Å²) in [7, 11) is 0. The molecule has 6 unspecified atom stereocenters. The molecule has 0 aromatic heterocycles. The first-order chi connectivity index (χ1) is 18.8. The minimum atomic E-state index is 0.613. The fourth-order valence-electron chi connectivity index (χ4n) is 10.7. The Morgan fingerprint density at radius 2 is 1.51 bits per heavy atom. The third kappa shape index (κ3) is 6.74. The molecule has 5 aliphatic rings. The van der Waals surface area contributed by atoms with Crippen molar-refractivity contribution in [3.05, 3.63) is 0 Å². The van der Waals surface area contributed by atoms with Gasteiger partial charge in [0.1, 0.15) is 0 Å². The van der Waals surface area contributed by atoms with Gasteiger partial charge in [0.2, 0.25) is 0 Å². The summed E-state index contributed by atoms with van der Waals surface area (Å²) in [5, 5.41) is 7.70. The highest BCUT2D eigenvalue weighted by atomic mass is 15.3. The molecule has 0 bridgehead atoms. The van der Waals surface area contributed by atoms with Crippen LogP contribution in [0.25, 0.3) is 0 Å². The Balaban J connectivity index is 1.07. The molecule has 8 atom stereocenters. The zero-order chi connectivity index (χ0) is 27.5. The van der Waals surface area contributed by atoms with Gasteiger partial charge in [-0.15, -0.1) is 0 Å². The van der Waals surface area contributed by atoms with E-state index in [0.29, 0.717) is 16.9 Å². The summed E-state index contributed by atoms with van der Waals surface area (Å²) in [6.45, 7) is 20.6. The number of nitrogens with one attached hydrogen (secondary N) is 2. The van der Waals surface area contributed by atoms with E-state index in [1.165, 1.54) is 123 Å². The first-order valence-electron chi connectivity index (χ1n) is 17.4. The third-order valence-corrected chi connectivity index (χ3v) is 13.1. The van der Waals surface area contributed by atoms with Gasteiger partial charge >= 0.3 is 0 Å². The summed E-state index contributed by atoms with van der Waals surface area (Å²) in [5.41, 5.74) is 6.95. The lowest BCUT2D eigenvalue weighted by Crippen LogP contribution is -2.55. The highest BCUT2D eigenvalue weighted by Gasteiger charge is 2.59. The maximum absolute atomic E-state index is 5.70. The van der Waals surface area contributed by atoms with Crippen molar-refractivity contribution in [3.8, 4) is 0 Å². The first kappa shape index (κ1) is 30.3. The quantitative estimate of drug-likeness (QED) is 0.290. The molecule has 39 heavy (non-hydrogen) atoms. The second kappa shape index (κ2) is 13.4. The van der Waals surface area contributed by atoms with Gasteiger partial charge in [0.05, 0.1) is 0 Å². The summed E-state index contributed by atoms with van der Waals surface area (Å²) >= 11 is 0. The summed E-state index contributed by atoms with van der Waals surface area (Å²) in [6.07, 6.45) is 17.4. The van der Waals surface area contributed by atoms with Gasteiger partial charge in [0, 0.05) is 51.4 Å². The summed E-state index contributed by atoms with van der Waals surface area (Å²) in [6, 6.07) is 1.39. The lowest BCUT2D eigenvalue weighted by Gasteiger charge is -2.61. The molecular formula is C34H65N5. The van der Waals surface area contributed by atoms with Crippen LogP contribution in [-0.2, 0) is 0 Å². The SMILES string of the molecule is CC(C)NCCC[C@H]1CCC2C3CCC4CC(NCCN5CCN(CCCN)CC5)CC[C@]4(C)C3CCC21C. The number of nitrogens with zero attached hydrogens (tertiary/aromatic N) is 2. The van der Waals surface area contributed by atoms with Crippen molar-refractivity contribution in [1.82, 2.24) is 20.4 Å². The van der Waals surface area contributed by atoms with Crippen molar-refractivity contribution in [2.75, 3.05) is 58.9 Å². The molecule has 1 aliphatic heterocycles. The molecule has 1 heterocycles. The molecule has 0 spiro atoms. The predicted molar refractivity (Wildman–Crippen MR) is 166 cm³/mol.